The van der Waals surface area contributed by atoms with E-state index in [1.807, 2.05) is 43.1 Å². The summed E-state index contributed by atoms with van der Waals surface area (Å²) in [7, 11) is 0.369. The molecule has 160 valence electrons. The molecule has 28 heavy (non-hydrogen) atoms. The summed E-state index contributed by atoms with van der Waals surface area (Å²) in [5, 5.41) is 3.12. The van der Waals surface area contributed by atoms with E-state index in [-0.39, 0.29) is 29.7 Å². The van der Waals surface area contributed by atoms with Crippen molar-refractivity contribution >= 4 is 40.0 Å². The lowest BCUT2D eigenvalue weighted by molar-refractivity contribution is 0.316. The van der Waals surface area contributed by atoms with Crippen molar-refractivity contribution in [3.05, 3.63) is 29.8 Å². The Labute approximate surface area is 186 Å². The van der Waals surface area contributed by atoms with Crippen LogP contribution in [0.3, 0.4) is 0 Å². The van der Waals surface area contributed by atoms with Gasteiger partial charge in [0.05, 0.1) is 12.4 Å². The van der Waals surface area contributed by atoms with Gasteiger partial charge in [-0.05, 0) is 43.4 Å². The standard InChI is InChI=1S/C19H32N4O3S.HI/c1-4-26-18-10-8-17(9-11-18)15-23(3)19(20-2)21-12-13-27(24,25)22-14-16-6-5-7-16;/h8-11,16,22H,4-7,12-15H2,1-3H3,(H,20,21);1H. The fourth-order valence-electron chi connectivity index (χ4n) is 2.90. The Kier molecular flexibility index (Phi) is 11.1. The van der Waals surface area contributed by atoms with Gasteiger partial charge in [-0.3, -0.25) is 4.99 Å². The number of nitrogens with one attached hydrogen (secondary N) is 2. The first-order valence-corrected chi connectivity index (χ1v) is 11.2. The molecule has 2 rings (SSSR count). The molecule has 0 atom stereocenters. The number of sulfonamides is 1. The van der Waals surface area contributed by atoms with E-state index in [0.717, 1.165) is 24.2 Å². The lowest BCUT2D eigenvalue weighted by atomic mass is 9.86. The van der Waals surface area contributed by atoms with E-state index in [9.17, 15) is 8.42 Å². The molecule has 1 aliphatic rings. The van der Waals surface area contributed by atoms with Crippen LogP contribution in [-0.2, 0) is 16.6 Å². The zero-order valence-electron chi connectivity index (χ0n) is 17.0. The Morgan fingerprint density at radius 2 is 1.96 bits per heavy atom. The highest BCUT2D eigenvalue weighted by Crippen LogP contribution is 2.25. The maximum Gasteiger partial charge on any atom is 0.213 e. The third kappa shape index (κ3) is 8.52. The van der Waals surface area contributed by atoms with Crippen LogP contribution >= 0.6 is 24.0 Å². The molecule has 0 heterocycles. The van der Waals surface area contributed by atoms with E-state index in [1.54, 1.807) is 7.05 Å². The number of nitrogens with zero attached hydrogens (tertiary/aromatic N) is 2. The molecule has 0 unspecified atom stereocenters. The van der Waals surface area contributed by atoms with E-state index in [4.69, 9.17) is 4.74 Å². The van der Waals surface area contributed by atoms with Crippen LogP contribution in [-0.4, -0.2) is 58.8 Å². The molecule has 0 aromatic heterocycles. The van der Waals surface area contributed by atoms with Crippen LogP contribution in [0.5, 0.6) is 5.75 Å². The zero-order chi connectivity index (χ0) is 19.7. The number of aliphatic imine (C=N–C) groups is 1. The summed E-state index contributed by atoms with van der Waals surface area (Å²) < 4.78 is 32.3. The second-order valence-corrected chi connectivity index (χ2v) is 8.80. The molecule has 1 aliphatic carbocycles. The molecule has 7 nitrogen and oxygen atoms in total. The smallest absolute Gasteiger partial charge is 0.213 e. The highest BCUT2D eigenvalue weighted by molar-refractivity contribution is 14.0. The summed E-state index contributed by atoms with van der Waals surface area (Å²) in [6.45, 7) is 4.16. The van der Waals surface area contributed by atoms with Gasteiger partial charge >= 0.3 is 0 Å². The molecule has 9 heteroatoms. The van der Waals surface area contributed by atoms with Crippen molar-refractivity contribution in [2.45, 2.75) is 32.7 Å². The van der Waals surface area contributed by atoms with Crippen molar-refractivity contribution in [2.24, 2.45) is 10.9 Å². The number of halogens is 1. The number of guanidine groups is 1. The monoisotopic (exact) mass is 524 g/mol. The van der Waals surface area contributed by atoms with Crippen molar-refractivity contribution in [3.8, 4) is 5.75 Å². The Morgan fingerprint density at radius 1 is 1.29 bits per heavy atom. The van der Waals surface area contributed by atoms with E-state index in [1.165, 1.54) is 6.42 Å². The lowest BCUT2D eigenvalue weighted by Gasteiger charge is -2.25. The van der Waals surface area contributed by atoms with Crippen molar-refractivity contribution in [3.63, 3.8) is 0 Å². The van der Waals surface area contributed by atoms with E-state index in [2.05, 4.69) is 15.0 Å². The number of hydrogen-bond acceptors (Lipinski definition) is 4. The molecule has 2 N–H and O–H groups in total. The quantitative estimate of drug-likeness (QED) is 0.279. The molecule has 1 aromatic rings. The molecular formula is C19H33IN4O3S. The summed E-state index contributed by atoms with van der Waals surface area (Å²) in [5.41, 5.74) is 1.12. The molecule has 1 saturated carbocycles. The first-order chi connectivity index (χ1) is 12.9. The minimum Gasteiger partial charge on any atom is -0.494 e. The second kappa shape index (κ2) is 12.5. The maximum absolute atomic E-state index is 12.1. The van der Waals surface area contributed by atoms with Crippen LogP contribution in [0.4, 0.5) is 0 Å². The van der Waals surface area contributed by atoms with Crippen LogP contribution in [0.2, 0.25) is 0 Å². The van der Waals surface area contributed by atoms with Crippen molar-refractivity contribution in [1.29, 1.82) is 0 Å². The fourth-order valence-corrected chi connectivity index (χ4v) is 3.91. The first-order valence-electron chi connectivity index (χ1n) is 9.54. The molecule has 1 aromatic carbocycles. The number of benzene rings is 1. The summed E-state index contributed by atoms with van der Waals surface area (Å²) in [5.74, 6) is 2.07. The van der Waals surface area contributed by atoms with Gasteiger partial charge in [-0.1, -0.05) is 18.6 Å². The summed E-state index contributed by atoms with van der Waals surface area (Å²) >= 11 is 0. The van der Waals surface area contributed by atoms with Gasteiger partial charge in [-0.25, -0.2) is 13.1 Å². The van der Waals surface area contributed by atoms with Crippen LogP contribution < -0.4 is 14.8 Å². The van der Waals surface area contributed by atoms with E-state index in [0.29, 0.717) is 38.1 Å². The average molecular weight is 524 g/mol. The van der Waals surface area contributed by atoms with Gasteiger partial charge in [-0.15, -0.1) is 24.0 Å². The molecule has 0 saturated heterocycles. The highest BCUT2D eigenvalue weighted by Gasteiger charge is 2.20. The zero-order valence-corrected chi connectivity index (χ0v) is 20.1. The third-order valence-electron chi connectivity index (χ3n) is 4.70. The summed E-state index contributed by atoms with van der Waals surface area (Å²) in [6, 6.07) is 7.93. The molecule has 0 bridgehead atoms. The predicted molar refractivity (Wildman–Crippen MR) is 125 cm³/mol. The van der Waals surface area contributed by atoms with Gasteiger partial charge < -0.3 is 15.0 Å². The second-order valence-electron chi connectivity index (χ2n) is 6.87. The van der Waals surface area contributed by atoms with Gasteiger partial charge in [0, 0.05) is 33.7 Å². The van der Waals surface area contributed by atoms with Gasteiger partial charge in [0.25, 0.3) is 0 Å². The van der Waals surface area contributed by atoms with Gasteiger partial charge in [0.1, 0.15) is 5.75 Å². The maximum atomic E-state index is 12.1. The SMILES string of the molecule is CCOc1ccc(CN(C)C(=NC)NCCS(=O)(=O)NCC2CCC2)cc1.I. The molecule has 1 fully saturated rings. The Morgan fingerprint density at radius 3 is 2.50 bits per heavy atom. The summed E-state index contributed by atoms with van der Waals surface area (Å²) in [6.07, 6.45) is 3.47. The molecule has 0 radical (unpaired) electrons. The van der Waals surface area contributed by atoms with Crippen LogP contribution in [0.15, 0.2) is 29.3 Å². The van der Waals surface area contributed by atoms with E-state index >= 15 is 0 Å². The number of hydrogen-bond donors (Lipinski definition) is 2. The number of ether oxygens (including phenoxy) is 1. The fraction of sp³-hybridized carbons (Fsp3) is 0.632. The van der Waals surface area contributed by atoms with Crippen molar-refractivity contribution in [2.75, 3.05) is 39.5 Å². The minimum atomic E-state index is -3.25. The largest absolute Gasteiger partial charge is 0.494 e. The van der Waals surface area contributed by atoms with Crippen LogP contribution in [0, 0.1) is 5.92 Å². The summed E-state index contributed by atoms with van der Waals surface area (Å²) in [4.78, 5) is 6.20. The molecule has 0 spiro atoms. The van der Waals surface area contributed by atoms with Crippen LogP contribution in [0.25, 0.3) is 0 Å². The predicted octanol–water partition coefficient (Wildman–Crippen LogP) is 2.43. The number of rotatable bonds is 10. The lowest BCUT2D eigenvalue weighted by Crippen LogP contribution is -2.42. The average Bonchev–Trinajstić information content (AvgIpc) is 2.59. The first kappa shape index (κ1) is 25.0. The molecule has 0 aliphatic heterocycles. The minimum absolute atomic E-state index is 0. The van der Waals surface area contributed by atoms with Gasteiger partial charge in [-0.2, -0.15) is 0 Å². The van der Waals surface area contributed by atoms with E-state index < -0.39 is 10.0 Å². The van der Waals surface area contributed by atoms with Crippen LogP contribution in [0.1, 0.15) is 31.7 Å². The molecular weight excluding hydrogens is 491 g/mol. The molecule has 0 amide bonds. The van der Waals surface area contributed by atoms with Crippen molar-refractivity contribution < 1.29 is 13.2 Å². The van der Waals surface area contributed by atoms with Gasteiger partial charge in [0.15, 0.2) is 5.96 Å². The van der Waals surface area contributed by atoms with Gasteiger partial charge in [0.2, 0.25) is 10.0 Å². The Hall–Kier alpha value is -1.07. The Balaban J connectivity index is 0.00000392. The topological polar surface area (TPSA) is 83.0 Å². The van der Waals surface area contributed by atoms with Crippen molar-refractivity contribution in [1.82, 2.24) is 14.9 Å². The Bertz CT molecular complexity index is 706. The highest BCUT2D eigenvalue weighted by atomic mass is 127. The normalized spacial score (nSPS) is 14.8. The third-order valence-corrected chi connectivity index (χ3v) is 6.05.